The Kier molecular flexibility index (Phi) is 5.25. The van der Waals surface area contributed by atoms with Crippen molar-refractivity contribution < 1.29 is 4.79 Å². The first kappa shape index (κ1) is 14.5. The van der Waals surface area contributed by atoms with Crippen LogP contribution in [0.4, 0.5) is 0 Å². The Morgan fingerprint density at radius 2 is 2.22 bits per heavy atom. The van der Waals surface area contributed by atoms with Crippen molar-refractivity contribution in [2.75, 3.05) is 11.6 Å². The van der Waals surface area contributed by atoms with Crippen molar-refractivity contribution >= 4 is 29.3 Å². The Morgan fingerprint density at radius 3 is 2.83 bits per heavy atom. The smallest absolute Gasteiger partial charge is 0.233 e. The van der Waals surface area contributed by atoms with Crippen LogP contribution in [0.25, 0.3) is 0 Å². The van der Waals surface area contributed by atoms with Crippen LogP contribution in [0.15, 0.2) is 0 Å². The Labute approximate surface area is 120 Å². The molecule has 0 aromatic rings. The quantitative estimate of drug-likeness (QED) is 0.805. The first-order valence-corrected chi connectivity index (χ1v) is 8.73. The summed E-state index contributed by atoms with van der Waals surface area (Å²) in [6, 6.07) is 0. The third-order valence-electron chi connectivity index (χ3n) is 4.21. The van der Waals surface area contributed by atoms with Gasteiger partial charge in [0.2, 0.25) is 5.91 Å². The average Bonchev–Trinajstić information content (AvgIpc) is 2.39. The molecule has 1 saturated carbocycles. The minimum absolute atomic E-state index is 0.131. The van der Waals surface area contributed by atoms with Crippen LogP contribution in [0, 0.1) is 5.92 Å². The summed E-state index contributed by atoms with van der Waals surface area (Å²) in [5.74, 6) is 2.59. The predicted molar refractivity (Wildman–Crippen MR) is 79.3 cm³/mol. The molecule has 1 saturated heterocycles. The molecule has 0 radical (unpaired) electrons. The number of alkyl halides is 1. The van der Waals surface area contributed by atoms with Crippen molar-refractivity contribution in [1.29, 1.82) is 0 Å². The zero-order valence-electron chi connectivity index (χ0n) is 11.2. The lowest BCUT2D eigenvalue weighted by atomic mass is 9.77. The van der Waals surface area contributed by atoms with E-state index >= 15 is 0 Å². The van der Waals surface area contributed by atoms with Crippen molar-refractivity contribution in [3.8, 4) is 0 Å². The van der Waals surface area contributed by atoms with Crippen LogP contribution < -0.4 is 5.32 Å². The van der Waals surface area contributed by atoms with Gasteiger partial charge in [-0.05, 0) is 37.4 Å². The van der Waals surface area contributed by atoms with Gasteiger partial charge in [-0.2, -0.15) is 0 Å². The number of halogens is 1. The minimum Gasteiger partial charge on any atom is -0.348 e. The molecule has 2 fully saturated rings. The summed E-state index contributed by atoms with van der Waals surface area (Å²) in [4.78, 5) is 12.3. The highest BCUT2D eigenvalue weighted by molar-refractivity contribution is 8.00. The predicted octanol–water partition coefficient (Wildman–Crippen LogP) is 3.58. The molecule has 0 bridgehead atoms. The van der Waals surface area contributed by atoms with Gasteiger partial charge in [-0.3, -0.25) is 4.79 Å². The van der Waals surface area contributed by atoms with E-state index < -0.39 is 0 Å². The van der Waals surface area contributed by atoms with Gasteiger partial charge in [-0.15, -0.1) is 23.4 Å². The zero-order valence-corrected chi connectivity index (χ0v) is 12.8. The molecular weight excluding hydrogens is 266 g/mol. The second-order valence-corrected chi connectivity index (χ2v) is 7.54. The molecule has 1 aliphatic carbocycles. The third-order valence-corrected chi connectivity index (χ3v) is 6.10. The molecule has 3 unspecified atom stereocenters. The Morgan fingerprint density at radius 1 is 1.39 bits per heavy atom. The number of rotatable bonds is 3. The molecule has 104 valence electrons. The molecule has 2 rings (SSSR count). The SMILES string of the molecule is CC1CCCC(CCl)(NC(=O)C2CCCCS2)C1. The lowest BCUT2D eigenvalue weighted by molar-refractivity contribution is -0.123. The number of carbonyl (C=O) groups excluding carboxylic acids is 1. The van der Waals surface area contributed by atoms with Gasteiger partial charge >= 0.3 is 0 Å². The Bertz CT molecular complexity index is 294. The van der Waals surface area contributed by atoms with Crippen molar-refractivity contribution in [3.63, 3.8) is 0 Å². The van der Waals surface area contributed by atoms with Gasteiger partial charge in [0.25, 0.3) is 0 Å². The maximum atomic E-state index is 12.3. The van der Waals surface area contributed by atoms with E-state index in [-0.39, 0.29) is 16.7 Å². The van der Waals surface area contributed by atoms with Gasteiger partial charge < -0.3 is 5.32 Å². The van der Waals surface area contributed by atoms with Crippen LogP contribution >= 0.6 is 23.4 Å². The molecule has 0 spiro atoms. The van der Waals surface area contributed by atoms with Crippen molar-refractivity contribution in [3.05, 3.63) is 0 Å². The number of hydrogen-bond acceptors (Lipinski definition) is 2. The van der Waals surface area contributed by atoms with Crippen molar-refractivity contribution in [2.24, 2.45) is 5.92 Å². The maximum absolute atomic E-state index is 12.3. The monoisotopic (exact) mass is 289 g/mol. The van der Waals surface area contributed by atoms with Crippen LogP contribution in [0.5, 0.6) is 0 Å². The molecule has 3 atom stereocenters. The highest BCUT2D eigenvalue weighted by Gasteiger charge is 2.37. The summed E-state index contributed by atoms with van der Waals surface area (Å²) >= 11 is 7.98. The molecule has 2 aliphatic rings. The van der Waals surface area contributed by atoms with Gasteiger partial charge in [0.15, 0.2) is 0 Å². The highest BCUT2D eigenvalue weighted by Crippen LogP contribution is 2.34. The molecular formula is C14H24ClNOS. The van der Waals surface area contributed by atoms with E-state index in [0.717, 1.165) is 25.0 Å². The van der Waals surface area contributed by atoms with E-state index in [9.17, 15) is 4.79 Å². The highest BCUT2D eigenvalue weighted by atomic mass is 35.5. The van der Waals surface area contributed by atoms with Gasteiger partial charge in [0.1, 0.15) is 0 Å². The second-order valence-electron chi connectivity index (χ2n) is 5.96. The number of amides is 1. The molecule has 18 heavy (non-hydrogen) atoms. The average molecular weight is 290 g/mol. The van der Waals surface area contributed by atoms with Crippen LogP contribution in [0.1, 0.15) is 51.9 Å². The topological polar surface area (TPSA) is 29.1 Å². The molecule has 1 aliphatic heterocycles. The number of hydrogen-bond donors (Lipinski definition) is 1. The number of nitrogens with one attached hydrogen (secondary N) is 1. The molecule has 2 nitrogen and oxygen atoms in total. The van der Waals surface area contributed by atoms with Gasteiger partial charge in [-0.25, -0.2) is 0 Å². The van der Waals surface area contributed by atoms with Gasteiger partial charge in [-0.1, -0.05) is 26.2 Å². The Balaban J connectivity index is 1.94. The van der Waals surface area contributed by atoms with Crippen LogP contribution in [0.3, 0.4) is 0 Å². The van der Waals surface area contributed by atoms with E-state index in [1.165, 1.54) is 25.7 Å². The number of thioether (sulfide) groups is 1. The van der Waals surface area contributed by atoms with Crippen molar-refractivity contribution in [2.45, 2.75) is 62.7 Å². The van der Waals surface area contributed by atoms with Crippen LogP contribution in [-0.4, -0.2) is 28.3 Å². The molecule has 0 aromatic carbocycles. The summed E-state index contributed by atoms with van der Waals surface area (Å²) < 4.78 is 0. The molecule has 1 amide bonds. The largest absolute Gasteiger partial charge is 0.348 e. The summed E-state index contributed by atoms with van der Waals surface area (Å²) in [5.41, 5.74) is -0.131. The summed E-state index contributed by atoms with van der Waals surface area (Å²) in [7, 11) is 0. The van der Waals surface area contributed by atoms with Crippen LogP contribution in [0.2, 0.25) is 0 Å². The van der Waals surface area contributed by atoms with Gasteiger partial charge in [0, 0.05) is 5.88 Å². The molecule has 4 heteroatoms. The normalized spacial score (nSPS) is 37.2. The summed E-state index contributed by atoms with van der Waals surface area (Å²) in [5, 5.41) is 3.45. The van der Waals surface area contributed by atoms with E-state index in [1.54, 1.807) is 0 Å². The van der Waals surface area contributed by atoms with E-state index in [4.69, 9.17) is 11.6 Å². The lowest BCUT2D eigenvalue weighted by Gasteiger charge is -2.40. The van der Waals surface area contributed by atoms with E-state index in [1.807, 2.05) is 11.8 Å². The fraction of sp³-hybridized carbons (Fsp3) is 0.929. The summed E-state index contributed by atoms with van der Waals surface area (Å²) in [6.07, 6.45) is 8.02. The maximum Gasteiger partial charge on any atom is 0.233 e. The zero-order chi connectivity index (χ0) is 13.0. The lowest BCUT2D eigenvalue weighted by Crippen LogP contribution is -2.55. The van der Waals surface area contributed by atoms with E-state index in [0.29, 0.717) is 11.8 Å². The standard InChI is InChI=1S/C14H24ClNOS/c1-11-5-4-7-14(9-11,10-15)16-13(17)12-6-2-3-8-18-12/h11-12H,2-10H2,1H3,(H,16,17). The first-order chi connectivity index (χ1) is 8.65. The van der Waals surface area contributed by atoms with Crippen LogP contribution in [-0.2, 0) is 4.79 Å². The molecule has 1 heterocycles. The second kappa shape index (κ2) is 6.51. The Hall–Kier alpha value is 0.110. The molecule has 0 aromatic heterocycles. The summed E-state index contributed by atoms with van der Waals surface area (Å²) in [6.45, 7) is 2.27. The minimum atomic E-state index is -0.131. The van der Waals surface area contributed by atoms with Crippen molar-refractivity contribution in [1.82, 2.24) is 5.32 Å². The molecule has 1 N–H and O–H groups in total. The first-order valence-electron chi connectivity index (χ1n) is 7.15. The van der Waals surface area contributed by atoms with Gasteiger partial charge in [0.05, 0.1) is 10.8 Å². The number of carbonyl (C=O) groups is 1. The fourth-order valence-corrected chi connectivity index (χ4v) is 4.73. The fourth-order valence-electron chi connectivity index (χ4n) is 3.22. The van der Waals surface area contributed by atoms with E-state index in [2.05, 4.69) is 12.2 Å². The third kappa shape index (κ3) is 3.57.